The molecule has 0 atom stereocenters. The third-order valence-electron chi connectivity index (χ3n) is 6.32. The minimum atomic E-state index is -3.33. The summed E-state index contributed by atoms with van der Waals surface area (Å²) in [7, 11) is -3.33. The van der Waals surface area contributed by atoms with E-state index in [1.165, 1.54) is 6.26 Å². The molecule has 0 aliphatic carbocycles. The van der Waals surface area contributed by atoms with Crippen molar-refractivity contribution in [3.8, 4) is 17.0 Å². The largest absolute Gasteiger partial charge is 0.508 e. The van der Waals surface area contributed by atoms with E-state index >= 15 is 0 Å². The van der Waals surface area contributed by atoms with Gasteiger partial charge in [-0.25, -0.2) is 18.4 Å². The zero-order chi connectivity index (χ0) is 24.8. The lowest BCUT2D eigenvalue weighted by Gasteiger charge is -2.32. The SMILES string of the molecule is Cc1cc(CCNc2nccc(-c3cccc(CN(C4CCNCC4)S(C)(=O)=O)c3)n2)ccc1O. The molecule has 1 aliphatic rings. The summed E-state index contributed by atoms with van der Waals surface area (Å²) in [6.45, 7) is 4.56. The number of hydrogen-bond acceptors (Lipinski definition) is 7. The molecule has 2 heterocycles. The highest BCUT2D eigenvalue weighted by atomic mass is 32.2. The van der Waals surface area contributed by atoms with Crippen LogP contribution in [-0.2, 0) is 23.0 Å². The summed E-state index contributed by atoms with van der Waals surface area (Å²) in [6.07, 6.45) is 5.43. The summed E-state index contributed by atoms with van der Waals surface area (Å²) in [6, 6.07) is 15.4. The standard InChI is InChI=1S/C26H33N5O3S/c1-19-16-20(6-7-25(19)32)8-14-28-26-29-15-11-24(30-26)22-5-3-4-21(17-22)18-31(35(2,33)34)23-9-12-27-13-10-23/h3-7,11,15-17,23,27,32H,8-10,12-14,18H2,1-2H3,(H,28,29,30). The number of rotatable bonds is 9. The van der Waals surface area contributed by atoms with Gasteiger partial charge in [-0.1, -0.05) is 30.3 Å². The van der Waals surface area contributed by atoms with E-state index in [4.69, 9.17) is 0 Å². The van der Waals surface area contributed by atoms with Gasteiger partial charge in [-0.2, -0.15) is 4.31 Å². The second-order valence-corrected chi connectivity index (χ2v) is 11.0. The number of aryl methyl sites for hydroxylation is 1. The highest BCUT2D eigenvalue weighted by Gasteiger charge is 2.28. The smallest absolute Gasteiger partial charge is 0.223 e. The first-order valence-corrected chi connectivity index (χ1v) is 13.8. The number of anilines is 1. The minimum absolute atomic E-state index is 0.0159. The van der Waals surface area contributed by atoms with Gasteiger partial charge >= 0.3 is 0 Å². The Morgan fingerprint density at radius 2 is 1.91 bits per heavy atom. The number of piperidine rings is 1. The summed E-state index contributed by atoms with van der Waals surface area (Å²) < 4.78 is 26.7. The van der Waals surface area contributed by atoms with Gasteiger partial charge in [0, 0.05) is 30.9 Å². The lowest BCUT2D eigenvalue weighted by molar-refractivity contribution is 0.258. The number of aromatic nitrogens is 2. The molecular weight excluding hydrogens is 462 g/mol. The number of aromatic hydroxyl groups is 1. The number of sulfonamides is 1. The van der Waals surface area contributed by atoms with E-state index in [0.29, 0.717) is 24.8 Å². The zero-order valence-corrected chi connectivity index (χ0v) is 21.1. The van der Waals surface area contributed by atoms with Gasteiger partial charge in [0.25, 0.3) is 0 Å². The zero-order valence-electron chi connectivity index (χ0n) is 20.2. The van der Waals surface area contributed by atoms with Gasteiger partial charge in [-0.15, -0.1) is 0 Å². The number of hydrogen-bond donors (Lipinski definition) is 3. The van der Waals surface area contributed by atoms with Crippen LogP contribution in [0, 0.1) is 6.92 Å². The van der Waals surface area contributed by atoms with E-state index in [0.717, 1.165) is 60.3 Å². The van der Waals surface area contributed by atoms with E-state index < -0.39 is 10.0 Å². The maximum atomic E-state index is 12.5. The Morgan fingerprint density at radius 3 is 2.66 bits per heavy atom. The minimum Gasteiger partial charge on any atom is -0.508 e. The molecule has 1 aromatic heterocycles. The summed E-state index contributed by atoms with van der Waals surface area (Å²) in [5.41, 5.74) is 4.61. The summed E-state index contributed by atoms with van der Waals surface area (Å²) in [5.74, 6) is 0.839. The summed E-state index contributed by atoms with van der Waals surface area (Å²) in [4.78, 5) is 9.00. The van der Waals surface area contributed by atoms with Gasteiger partial charge in [-0.3, -0.25) is 0 Å². The van der Waals surface area contributed by atoms with Crippen LogP contribution in [0.15, 0.2) is 54.7 Å². The molecular formula is C26H33N5O3S. The van der Waals surface area contributed by atoms with Gasteiger partial charge in [0.05, 0.1) is 11.9 Å². The molecule has 3 aromatic rings. The van der Waals surface area contributed by atoms with Crippen LogP contribution in [0.2, 0.25) is 0 Å². The first-order chi connectivity index (χ1) is 16.8. The van der Waals surface area contributed by atoms with Gasteiger partial charge in [0.2, 0.25) is 16.0 Å². The van der Waals surface area contributed by atoms with Gasteiger partial charge in [0.1, 0.15) is 5.75 Å². The first kappa shape index (κ1) is 25.1. The third kappa shape index (κ3) is 6.78. The van der Waals surface area contributed by atoms with E-state index in [-0.39, 0.29) is 6.04 Å². The van der Waals surface area contributed by atoms with Crippen LogP contribution in [0.1, 0.15) is 29.5 Å². The number of phenolic OH excluding ortho intramolecular Hbond substituents is 1. The van der Waals surface area contributed by atoms with Crippen LogP contribution in [-0.4, -0.2) is 59.7 Å². The Balaban J connectivity index is 1.44. The van der Waals surface area contributed by atoms with Crippen molar-refractivity contribution < 1.29 is 13.5 Å². The Bertz CT molecular complexity index is 1260. The van der Waals surface area contributed by atoms with Crippen LogP contribution >= 0.6 is 0 Å². The molecule has 1 aliphatic heterocycles. The fourth-order valence-corrected chi connectivity index (χ4v) is 5.55. The average molecular weight is 496 g/mol. The molecule has 1 saturated heterocycles. The van der Waals surface area contributed by atoms with E-state index in [9.17, 15) is 13.5 Å². The van der Waals surface area contributed by atoms with Gasteiger partial charge in [0.15, 0.2) is 0 Å². The Kier molecular flexibility index (Phi) is 8.00. The predicted octanol–water partition coefficient (Wildman–Crippen LogP) is 3.33. The molecule has 186 valence electrons. The molecule has 0 radical (unpaired) electrons. The Morgan fingerprint density at radius 1 is 1.11 bits per heavy atom. The lowest BCUT2D eigenvalue weighted by atomic mass is 10.0. The third-order valence-corrected chi connectivity index (χ3v) is 7.60. The second-order valence-electron chi connectivity index (χ2n) is 9.05. The van der Waals surface area contributed by atoms with Crippen molar-refractivity contribution in [1.29, 1.82) is 0 Å². The van der Waals surface area contributed by atoms with Crippen LogP contribution < -0.4 is 10.6 Å². The van der Waals surface area contributed by atoms with Crippen molar-refractivity contribution in [2.45, 2.75) is 38.8 Å². The molecule has 9 heteroatoms. The molecule has 8 nitrogen and oxygen atoms in total. The molecule has 1 fully saturated rings. The van der Waals surface area contributed by atoms with Crippen molar-refractivity contribution in [3.05, 3.63) is 71.4 Å². The van der Waals surface area contributed by atoms with Crippen molar-refractivity contribution in [3.63, 3.8) is 0 Å². The molecule has 35 heavy (non-hydrogen) atoms. The molecule has 0 bridgehead atoms. The van der Waals surface area contributed by atoms with Crippen molar-refractivity contribution in [2.24, 2.45) is 0 Å². The van der Waals surface area contributed by atoms with Crippen LogP contribution in [0.5, 0.6) is 5.75 Å². The van der Waals surface area contributed by atoms with Crippen molar-refractivity contribution in [2.75, 3.05) is 31.2 Å². The molecule has 3 N–H and O–H groups in total. The molecule has 0 amide bonds. The highest BCUT2D eigenvalue weighted by Crippen LogP contribution is 2.23. The van der Waals surface area contributed by atoms with E-state index in [1.807, 2.05) is 49.4 Å². The molecule has 0 spiro atoms. The van der Waals surface area contributed by atoms with Crippen LogP contribution in [0.4, 0.5) is 5.95 Å². The first-order valence-electron chi connectivity index (χ1n) is 11.9. The highest BCUT2D eigenvalue weighted by molar-refractivity contribution is 7.88. The fraction of sp³-hybridized carbons (Fsp3) is 0.385. The normalized spacial score (nSPS) is 14.8. The fourth-order valence-electron chi connectivity index (χ4n) is 4.42. The number of phenols is 1. The Hall–Kier alpha value is -3.01. The predicted molar refractivity (Wildman–Crippen MR) is 139 cm³/mol. The van der Waals surface area contributed by atoms with Crippen LogP contribution in [0.25, 0.3) is 11.3 Å². The molecule has 0 saturated carbocycles. The monoisotopic (exact) mass is 495 g/mol. The Labute approximate surface area is 207 Å². The maximum absolute atomic E-state index is 12.5. The van der Waals surface area contributed by atoms with Crippen LogP contribution in [0.3, 0.4) is 0 Å². The lowest BCUT2D eigenvalue weighted by Crippen LogP contribution is -2.45. The number of benzene rings is 2. The molecule has 2 aromatic carbocycles. The average Bonchev–Trinajstić information content (AvgIpc) is 2.85. The number of nitrogens with one attached hydrogen (secondary N) is 2. The topological polar surface area (TPSA) is 107 Å². The van der Waals surface area contributed by atoms with E-state index in [1.54, 1.807) is 16.6 Å². The van der Waals surface area contributed by atoms with Gasteiger partial charge in [-0.05, 0) is 74.2 Å². The molecule has 0 unspecified atom stereocenters. The second kappa shape index (κ2) is 11.2. The van der Waals surface area contributed by atoms with E-state index in [2.05, 4.69) is 20.6 Å². The maximum Gasteiger partial charge on any atom is 0.223 e. The summed E-state index contributed by atoms with van der Waals surface area (Å²) in [5, 5.41) is 16.3. The van der Waals surface area contributed by atoms with Gasteiger partial charge < -0.3 is 15.7 Å². The molecule has 4 rings (SSSR count). The number of nitrogens with zero attached hydrogens (tertiary/aromatic N) is 3. The van der Waals surface area contributed by atoms with Crippen molar-refractivity contribution >= 4 is 16.0 Å². The summed E-state index contributed by atoms with van der Waals surface area (Å²) >= 11 is 0. The quantitative estimate of drug-likeness (QED) is 0.418. The van der Waals surface area contributed by atoms with Crippen molar-refractivity contribution in [1.82, 2.24) is 19.6 Å².